The summed E-state index contributed by atoms with van der Waals surface area (Å²) in [6, 6.07) is 6.61. The molecule has 0 unspecified atom stereocenters. The molecular formula is C10H7N3O2. The molecule has 0 bridgehead atoms. The van der Waals surface area contributed by atoms with Gasteiger partial charge in [0.15, 0.2) is 0 Å². The first-order valence-corrected chi connectivity index (χ1v) is 4.01. The van der Waals surface area contributed by atoms with Gasteiger partial charge in [-0.3, -0.25) is 0 Å². The number of methoxy groups -OCH3 is 1. The number of benzene rings is 1. The molecule has 1 rings (SSSR count). The van der Waals surface area contributed by atoms with Crippen molar-refractivity contribution < 1.29 is 9.53 Å². The quantitative estimate of drug-likeness (QED) is 0.229. The number of hydrogen-bond acceptors (Lipinski definition) is 3. The zero-order valence-electron chi connectivity index (χ0n) is 7.97. The van der Waals surface area contributed by atoms with Crippen LogP contribution in [0, 0.1) is 11.8 Å². The fraction of sp³-hybridized carbons (Fsp3) is 0.100. The van der Waals surface area contributed by atoms with Crippen LogP contribution >= 0.6 is 0 Å². The Labute approximate surface area is 86.3 Å². The molecule has 1 aromatic carbocycles. The van der Waals surface area contributed by atoms with Gasteiger partial charge >= 0.3 is 5.97 Å². The maximum Gasteiger partial charge on any atom is 0.384 e. The van der Waals surface area contributed by atoms with Gasteiger partial charge in [-0.15, -0.1) is 0 Å². The van der Waals surface area contributed by atoms with Crippen molar-refractivity contribution in [2.75, 3.05) is 7.11 Å². The molecule has 0 amide bonds. The molecule has 15 heavy (non-hydrogen) atoms. The van der Waals surface area contributed by atoms with E-state index in [0.717, 1.165) is 0 Å². The molecular weight excluding hydrogens is 194 g/mol. The average Bonchev–Trinajstić information content (AvgIpc) is 2.27. The number of nitrogens with zero attached hydrogens (tertiary/aromatic N) is 3. The topological polar surface area (TPSA) is 75.1 Å². The summed E-state index contributed by atoms with van der Waals surface area (Å²) in [6.45, 7) is 0. The van der Waals surface area contributed by atoms with Gasteiger partial charge in [-0.25, -0.2) is 4.79 Å². The van der Waals surface area contributed by atoms with Gasteiger partial charge in [0, 0.05) is 22.1 Å². The Morgan fingerprint density at radius 2 is 2.40 bits per heavy atom. The molecule has 0 aromatic heterocycles. The van der Waals surface area contributed by atoms with Crippen LogP contribution in [0.25, 0.3) is 10.4 Å². The van der Waals surface area contributed by atoms with Gasteiger partial charge in [-0.2, -0.15) is 0 Å². The Balaban J connectivity index is 2.94. The van der Waals surface area contributed by atoms with Crippen LogP contribution < -0.4 is 0 Å². The number of azide groups is 1. The molecule has 0 aliphatic rings. The summed E-state index contributed by atoms with van der Waals surface area (Å²) >= 11 is 0. The Morgan fingerprint density at radius 1 is 1.60 bits per heavy atom. The largest absolute Gasteiger partial charge is 0.459 e. The minimum Gasteiger partial charge on any atom is -0.459 e. The number of carbonyl (C=O) groups is 1. The summed E-state index contributed by atoms with van der Waals surface area (Å²) in [6.07, 6.45) is 0. The predicted octanol–water partition coefficient (Wildman–Crippen LogP) is 2.15. The third-order valence-electron chi connectivity index (χ3n) is 1.50. The summed E-state index contributed by atoms with van der Waals surface area (Å²) in [5.41, 5.74) is 9.26. The fourth-order valence-corrected chi connectivity index (χ4v) is 0.872. The Hall–Kier alpha value is -2.44. The number of esters is 1. The van der Waals surface area contributed by atoms with Crippen molar-refractivity contribution in [1.29, 1.82) is 0 Å². The van der Waals surface area contributed by atoms with Crippen molar-refractivity contribution in [3.05, 3.63) is 40.3 Å². The van der Waals surface area contributed by atoms with E-state index in [1.54, 1.807) is 24.3 Å². The van der Waals surface area contributed by atoms with E-state index in [1.807, 2.05) is 0 Å². The first-order chi connectivity index (χ1) is 7.26. The maximum absolute atomic E-state index is 10.7. The lowest BCUT2D eigenvalue weighted by Gasteiger charge is -1.91. The van der Waals surface area contributed by atoms with Crippen LogP contribution in [0.15, 0.2) is 29.4 Å². The molecule has 0 N–H and O–H groups in total. The highest BCUT2D eigenvalue weighted by molar-refractivity contribution is 5.89. The third kappa shape index (κ3) is 3.43. The van der Waals surface area contributed by atoms with Crippen LogP contribution in [0.2, 0.25) is 0 Å². The second-order valence-corrected chi connectivity index (χ2v) is 2.48. The highest BCUT2D eigenvalue weighted by Crippen LogP contribution is 2.13. The lowest BCUT2D eigenvalue weighted by molar-refractivity contribution is -0.133. The highest BCUT2D eigenvalue weighted by atomic mass is 16.5. The second kappa shape index (κ2) is 5.32. The van der Waals surface area contributed by atoms with Crippen molar-refractivity contribution in [1.82, 2.24) is 0 Å². The molecule has 0 aliphatic heterocycles. The Morgan fingerprint density at radius 3 is 3.07 bits per heavy atom. The van der Waals surface area contributed by atoms with Crippen LogP contribution in [-0.2, 0) is 9.53 Å². The van der Waals surface area contributed by atoms with Gasteiger partial charge in [0.2, 0.25) is 0 Å². The van der Waals surface area contributed by atoms with E-state index in [0.29, 0.717) is 11.3 Å². The minimum atomic E-state index is -0.607. The van der Waals surface area contributed by atoms with Crippen molar-refractivity contribution in [3.8, 4) is 11.8 Å². The molecule has 0 heterocycles. The first kappa shape index (κ1) is 10.6. The molecule has 5 nitrogen and oxygen atoms in total. The van der Waals surface area contributed by atoms with Crippen LogP contribution in [0.1, 0.15) is 5.56 Å². The Bertz CT molecular complexity index is 479. The molecule has 74 valence electrons. The van der Waals surface area contributed by atoms with Crippen molar-refractivity contribution in [2.45, 2.75) is 0 Å². The zero-order chi connectivity index (χ0) is 11.1. The van der Waals surface area contributed by atoms with E-state index in [-0.39, 0.29) is 0 Å². The first-order valence-electron chi connectivity index (χ1n) is 4.01. The molecule has 0 saturated heterocycles. The molecule has 0 saturated carbocycles. The van der Waals surface area contributed by atoms with E-state index in [4.69, 9.17) is 5.53 Å². The molecule has 1 aromatic rings. The number of rotatable bonds is 1. The van der Waals surface area contributed by atoms with Crippen molar-refractivity contribution in [2.24, 2.45) is 5.11 Å². The lowest BCUT2D eigenvalue weighted by Crippen LogP contribution is -1.94. The van der Waals surface area contributed by atoms with Gasteiger partial charge in [0.25, 0.3) is 0 Å². The van der Waals surface area contributed by atoms with Crippen LogP contribution in [0.4, 0.5) is 5.69 Å². The fourth-order valence-electron chi connectivity index (χ4n) is 0.872. The lowest BCUT2D eigenvalue weighted by atomic mass is 10.2. The summed E-state index contributed by atoms with van der Waals surface area (Å²) in [7, 11) is 1.26. The van der Waals surface area contributed by atoms with Crippen LogP contribution in [0.5, 0.6) is 0 Å². The second-order valence-electron chi connectivity index (χ2n) is 2.48. The number of ether oxygens (including phenoxy) is 1. The van der Waals surface area contributed by atoms with E-state index < -0.39 is 5.97 Å². The van der Waals surface area contributed by atoms with E-state index in [1.165, 1.54) is 7.11 Å². The summed E-state index contributed by atoms with van der Waals surface area (Å²) in [5, 5.41) is 3.41. The molecule has 0 atom stereocenters. The van der Waals surface area contributed by atoms with E-state index >= 15 is 0 Å². The van der Waals surface area contributed by atoms with Gasteiger partial charge in [-0.1, -0.05) is 23.2 Å². The molecule has 0 aliphatic carbocycles. The smallest absolute Gasteiger partial charge is 0.384 e. The van der Waals surface area contributed by atoms with Crippen LogP contribution in [-0.4, -0.2) is 13.1 Å². The molecule has 0 spiro atoms. The maximum atomic E-state index is 10.7. The monoisotopic (exact) mass is 201 g/mol. The molecule has 0 fully saturated rings. The zero-order valence-corrected chi connectivity index (χ0v) is 7.97. The van der Waals surface area contributed by atoms with Gasteiger partial charge in [0.1, 0.15) is 0 Å². The van der Waals surface area contributed by atoms with Crippen LogP contribution in [0.3, 0.4) is 0 Å². The molecule has 0 radical (unpaired) electrons. The normalized spacial score (nSPS) is 8.07. The Kier molecular flexibility index (Phi) is 3.78. The van der Waals surface area contributed by atoms with Gasteiger partial charge in [-0.05, 0) is 17.7 Å². The van der Waals surface area contributed by atoms with Gasteiger partial charge in [0.05, 0.1) is 7.11 Å². The summed E-state index contributed by atoms with van der Waals surface area (Å²) in [5.74, 6) is 4.25. The van der Waals surface area contributed by atoms with Gasteiger partial charge < -0.3 is 4.74 Å². The number of hydrogen-bond donors (Lipinski definition) is 0. The van der Waals surface area contributed by atoms with E-state index in [2.05, 4.69) is 26.6 Å². The third-order valence-corrected chi connectivity index (χ3v) is 1.50. The SMILES string of the molecule is COC(=O)C#Cc1cccc(N=[N+]=[N-])c1. The predicted molar refractivity (Wildman–Crippen MR) is 54.1 cm³/mol. The summed E-state index contributed by atoms with van der Waals surface area (Å²) in [4.78, 5) is 13.4. The average molecular weight is 201 g/mol. The number of carbonyl (C=O) groups excluding carboxylic acids is 1. The van der Waals surface area contributed by atoms with Crippen molar-refractivity contribution in [3.63, 3.8) is 0 Å². The standard InChI is InChI=1S/C10H7N3O2/c1-15-10(14)6-5-8-3-2-4-9(7-8)12-13-11/h2-4,7H,1H3. The van der Waals surface area contributed by atoms with Crippen molar-refractivity contribution >= 4 is 11.7 Å². The minimum absolute atomic E-state index is 0.453. The molecule has 5 heteroatoms. The highest BCUT2D eigenvalue weighted by Gasteiger charge is 1.92. The van der Waals surface area contributed by atoms with E-state index in [9.17, 15) is 4.79 Å². The summed E-state index contributed by atoms with van der Waals surface area (Å²) < 4.78 is 4.36.